The molecule has 3 aromatic rings. The highest BCUT2D eigenvalue weighted by Crippen LogP contribution is 2.18. The van der Waals surface area contributed by atoms with Crippen LogP contribution < -0.4 is 5.32 Å². The lowest BCUT2D eigenvalue weighted by molar-refractivity contribution is -0.151. The van der Waals surface area contributed by atoms with Gasteiger partial charge in [-0.3, -0.25) is 0 Å². The van der Waals surface area contributed by atoms with Crippen molar-refractivity contribution in [3.8, 4) is 0 Å². The van der Waals surface area contributed by atoms with E-state index in [1.165, 1.54) is 24.8 Å². The lowest BCUT2D eigenvalue weighted by Crippen LogP contribution is -2.37. The third-order valence-electron chi connectivity index (χ3n) is 7.33. The van der Waals surface area contributed by atoms with Gasteiger partial charge < -0.3 is 20.1 Å². The molecule has 0 spiro atoms. The molecular weight excluding hydrogens is 512 g/mol. The van der Waals surface area contributed by atoms with E-state index in [-0.39, 0.29) is 12.6 Å². The second-order valence-electron chi connectivity index (χ2n) is 11.0. The number of benzene rings is 3. The number of aliphatic carboxylic acids is 1. The van der Waals surface area contributed by atoms with Gasteiger partial charge in [-0.2, -0.15) is 0 Å². The number of amides is 2. The van der Waals surface area contributed by atoms with E-state index in [2.05, 4.69) is 38.2 Å². The number of hydrogen-bond acceptors (Lipinski definition) is 3. The summed E-state index contributed by atoms with van der Waals surface area (Å²) in [5, 5.41) is 12.7. The average Bonchev–Trinajstić information content (AvgIpc) is 2.98. The number of unbranched alkanes of at least 4 members (excludes halogenated alkanes) is 4. The van der Waals surface area contributed by atoms with Crippen LogP contribution in [0.25, 0.3) is 0 Å². The molecule has 3 aromatic carbocycles. The highest BCUT2D eigenvalue weighted by molar-refractivity contribution is 5.89. The minimum Gasteiger partial charge on any atom is -0.479 e. The summed E-state index contributed by atoms with van der Waals surface area (Å²) in [5.74, 6) is -0.521. The zero-order valence-electron chi connectivity index (χ0n) is 24.9. The van der Waals surface area contributed by atoms with Crippen LogP contribution in [0, 0.1) is 0 Å². The zero-order chi connectivity index (χ0) is 29.5. The predicted molar refractivity (Wildman–Crippen MR) is 166 cm³/mol. The van der Waals surface area contributed by atoms with Crippen LogP contribution in [0.5, 0.6) is 0 Å². The van der Waals surface area contributed by atoms with Gasteiger partial charge in [0, 0.05) is 25.2 Å². The molecule has 2 N–H and O–H groups in total. The summed E-state index contributed by atoms with van der Waals surface area (Å²) < 4.78 is 5.71. The van der Waals surface area contributed by atoms with Gasteiger partial charge in [0.1, 0.15) is 0 Å². The number of carboxylic acid groups (broad SMARTS) is 1. The number of nitrogens with zero attached hydrogens (tertiary/aromatic N) is 1. The van der Waals surface area contributed by atoms with E-state index in [1.54, 1.807) is 0 Å². The van der Waals surface area contributed by atoms with Crippen molar-refractivity contribution < 1.29 is 19.4 Å². The number of urea groups is 1. The molecule has 0 aromatic heterocycles. The summed E-state index contributed by atoms with van der Waals surface area (Å²) in [4.78, 5) is 26.9. The number of anilines is 1. The maximum atomic E-state index is 13.2. The van der Waals surface area contributed by atoms with Gasteiger partial charge >= 0.3 is 12.0 Å². The van der Waals surface area contributed by atoms with E-state index < -0.39 is 12.1 Å². The quantitative estimate of drug-likeness (QED) is 0.164. The second-order valence-corrected chi connectivity index (χ2v) is 11.0. The van der Waals surface area contributed by atoms with E-state index in [1.807, 2.05) is 71.6 Å². The van der Waals surface area contributed by atoms with Crippen molar-refractivity contribution in [2.75, 3.05) is 18.4 Å². The van der Waals surface area contributed by atoms with E-state index >= 15 is 0 Å². The molecule has 0 aliphatic rings. The molecule has 0 saturated carbocycles. The minimum absolute atomic E-state index is 0.0747. The van der Waals surface area contributed by atoms with Crippen LogP contribution in [0.4, 0.5) is 10.5 Å². The normalized spacial score (nSPS) is 11.8. The Bertz CT molecular complexity index is 1180. The Balaban J connectivity index is 1.56. The summed E-state index contributed by atoms with van der Waals surface area (Å²) in [7, 11) is 0. The Morgan fingerprint density at radius 3 is 2.10 bits per heavy atom. The first-order valence-electron chi connectivity index (χ1n) is 15.0. The van der Waals surface area contributed by atoms with Crippen molar-refractivity contribution in [2.45, 2.75) is 84.3 Å². The fourth-order valence-electron chi connectivity index (χ4n) is 4.68. The Hall–Kier alpha value is -3.64. The Morgan fingerprint density at radius 2 is 1.46 bits per heavy atom. The van der Waals surface area contributed by atoms with Gasteiger partial charge in [0.05, 0.1) is 6.61 Å². The molecule has 1 atom stereocenters. The fraction of sp³-hybridized carbons (Fsp3) is 0.429. The first-order chi connectivity index (χ1) is 19.9. The third kappa shape index (κ3) is 11.4. The zero-order valence-corrected chi connectivity index (χ0v) is 24.9. The van der Waals surface area contributed by atoms with Crippen LogP contribution in [-0.4, -0.2) is 41.2 Å². The molecule has 6 nitrogen and oxygen atoms in total. The monoisotopic (exact) mass is 558 g/mol. The molecule has 2 amide bonds. The number of hydrogen-bond donors (Lipinski definition) is 2. The van der Waals surface area contributed by atoms with Gasteiger partial charge in [0.15, 0.2) is 6.10 Å². The Morgan fingerprint density at radius 1 is 0.805 bits per heavy atom. The van der Waals surface area contributed by atoms with Crippen molar-refractivity contribution >= 4 is 17.7 Å². The van der Waals surface area contributed by atoms with Crippen LogP contribution in [0.3, 0.4) is 0 Å². The molecule has 6 heteroatoms. The van der Waals surface area contributed by atoms with Crippen LogP contribution in [0.2, 0.25) is 0 Å². The maximum absolute atomic E-state index is 13.2. The second kappa shape index (κ2) is 17.2. The number of carbonyl (C=O) groups excluding carboxylic acids is 1. The van der Waals surface area contributed by atoms with Crippen molar-refractivity contribution in [1.82, 2.24) is 4.90 Å². The molecule has 0 saturated heterocycles. The van der Waals surface area contributed by atoms with Crippen LogP contribution in [0.1, 0.15) is 81.0 Å². The Labute approximate surface area is 245 Å². The summed E-state index contributed by atoms with van der Waals surface area (Å²) in [6.45, 7) is 8.11. The SMILES string of the molecule is CCCCCCCN(CCc1ccc(C[C@@H](OCc2ccccc2)C(=O)O)cc1)C(=O)Nc1ccc(C(C)C)cc1. The molecular formula is C35H46N2O4. The first kappa shape index (κ1) is 31.9. The number of carboxylic acids is 1. The number of rotatable bonds is 17. The first-order valence-corrected chi connectivity index (χ1v) is 15.0. The highest BCUT2D eigenvalue weighted by atomic mass is 16.5. The van der Waals surface area contributed by atoms with E-state index in [0.29, 0.717) is 18.9 Å². The van der Waals surface area contributed by atoms with Crippen LogP contribution >= 0.6 is 0 Å². The van der Waals surface area contributed by atoms with Gasteiger partial charge in [-0.05, 0) is 53.1 Å². The molecule has 0 radical (unpaired) electrons. The van der Waals surface area contributed by atoms with Gasteiger partial charge in [-0.25, -0.2) is 9.59 Å². The smallest absolute Gasteiger partial charge is 0.333 e. The summed E-state index contributed by atoms with van der Waals surface area (Å²) in [5.41, 5.74) is 5.01. The predicted octanol–water partition coefficient (Wildman–Crippen LogP) is 8.07. The van der Waals surface area contributed by atoms with Crippen molar-refractivity contribution in [2.24, 2.45) is 0 Å². The van der Waals surface area contributed by atoms with E-state index in [0.717, 1.165) is 48.2 Å². The van der Waals surface area contributed by atoms with Crippen LogP contribution in [0.15, 0.2) is 78.9 Å². The molecule has 3 rings (SSSR count). The molecule has 0 bridgehead atoms. The topological polar surface area (TPSA) is 78.9 Å². The number of ether oxygens (including phenoxy) is 1. The lowest BCUT2D eigenvalue weighted by atomic mass is 10.0. The number of carbonyl (C=O) groups is 2. The van der Waals surface area contributed by atoms with Gasteiger partial charge in [0.25, 0.3) is 0 Å². The lowest BCUT2D eigenvalue weighted by Gasteiger charge is -2.23. The molecule has 220 valence electrons. The number of nitrogens with one attached hydrogen (secondary N) is 1. The fourth-order valence-corrected chi connectivity index (χ4v) is 4.68. The largest absolute Gasteiger partial charge is 0.479 e. The van der Waals surface area contributed by atoms with Crippen molar-refractivity contribution in [3.63, 3.8) is 0 Å². The molecule has 0 unspecified atom stereocenters. The van der Waals surface area contributed by atoms with E-state index in [4.69, 9.17) is 4.74 Å². The average molecular weight is 559 g/mol. The van der Waals surface area contributed by atoms with Crippen molar-refractivity contribution in [1.29, 1.82) is 0 Å². The summed E-state index contributed by atoms with van der Waals surface area (Å²) in [6.07, 6.45) is 5.81. The molecule has 0 aliphatic heterocycles. The van der Waals surface area contributed by atoms with Gasteiger partial charge in [-0.1, -0.05) is 113 Å². The Kier molecular flexibility index (Phi) is 13.4. The standard InChI is InChI=1S/C35H46N2O4/c1-4-5-6-7-11-23-37(35(40)36-32-20-18-31(19-21-32)27(2)3)24-22-28-14-16-29(17-15-28)25-33(34(38)39)41-26-30-12-9-8-10-13-30/h8-10,12-21,27,33H,4-7,11,22-26H2,1-3H3,(H,36,40)(H,38,39)/t33-/m1/s1. The maximum Gasteiger partial charge on any atom is 0.333 e. The minimum atomic E-state index is -0.968. The molecule has 41 heavy (non-hydrogen) atoms. The third-order valence-corrected chi connectivity index (χ3v) is 7.33. The molecule has 0 heterocycles. The van der Waals surface area contributed by atoms with Crippen LogP contribution in [-0.2, 0) is 29.0 Å². The molecule has 0 fully saturated rings. The van der Waals surface area contributed by atoms with E-state index in [9.17, 15) is 14.7 Å². The highest BCUT2D eigenvalue weighted by Gasteiger charge is 2.19. The summed E-state index contributed by atoms with van der Waals surface area (Å²) in [6, 6.07) is 25.6. The molecule has 0 aliphatic carbocycles. The van der Waals surface area contributed by atoms with Crippen molar-refractivity contribution in [3.05, 3.63) is 101 Å². The van der Waals surface area contributed by atoms with Gasteiger partial charge in [-0.15, -0.1) is 0 Å². The summed E-state index contributed by atoms with van der Waals surface area (Å²) >= 11 is 0. The van der Waals surface area contributed by atoms with Gasteiger partial charge in [0.2, 0.25) is 0 Å².